The Morgan fingerprint density at radius 2 is 1.79 bits per heavy atom. The summed E-state index contributed by atoms with van der Waals surface area (Å²) in [5, 5.41) is 16.1. The van der Waals surface area contributed by atoms with Gasteiger partial charge >= 0.3 is 6.36 Å². The Balaban J connectivity index is 1.31. The van der Waals surface area contributed by atoms with Crippen LogP contribution in [0, 0.1) is 5.82 Å². The van der Waals surface area contributed by atoms with E-state index >= 15 is 4.39 Å². The molecule has 2 heterocycles. The maximum absolute atomic E-state index is 15.0. The van der Waals surface area contributed by atoms with E-state index in [9.17, 15) is 18.3 Å². The van der Waals surface area contributed by atoms with Crippen LogP contribution in [0.2, 0.25) is 0 Å². The first kappa shape index (κ1) is 29.3. The topological polar surface area (TPSA) is 75.8 Å². The van der Waals surface area contributed by atoms with Gasteiger partial charge in [-0.05, 0) is 54.3 Å². The molecule has 1 aromatic heterocycles. The Morgan fingerprint density at radius 1 is 1.07 bits per heavy atom. The van der Waals surface area contributed by atoms with Crippen LogP contribution in [0.3, 0.4) is 0 Å². The highest BCUT2D eigenvalue weighted by Crippen LogP contribution is 2.45. The van der Waals surface area contributed by atoms with Crippen LogP contribution in [0.25, 0.3) is 17.1 Å². The van der Waals surface area contributed by atoms with Gasteiger partial charge in [0.2, 0.25) is 0 Å². The molecular weight excluding hydrogens is 570 g/mol. The van der Waals surface area contributed by atoms with Gasteiger partial charge in [-0.15, -0.1) is 30.0 Å². The Labute approximate surface area is 244 Å². The quantitative estimate of drug-likeness (QED) is 0.178. The van der Waals surface area contributed by atoms with Crippen LogP contribution in [0.4, 0.5) is 23.2 Å². The zero-order valence-corrected chi connectivity index (χ0v) is 23.7. The molecule has 1 saturated heterocycles. The van der Waals surface area contributed by atoms with Gasteiger partial charge in [0.25, 0.3) is 0 Å². The van der Waals surface area contributed by atoms with E-state index in [-0.39, 0.29) is 11.7 Å². The van der Waals surface area contributed by atoms with E-state index in [1.165, 1.54) is 53.1 Å². The van der Waals surface area contributed by atoms with Crippen molar-refractivity contribution in [1.29, 1.82) is 0 Å². The highest BCUT2D eigenvalue weighted by Gasteiger charge is 2.41. The number of nitrogens with zero attached hydrogens (tertiary/aromatic N) is 5. The number of thioether (sulfide) groups is 1. The Hall–Kier alpha value is -4.16. The molecule has 1 N–H and O–H groups in total. The molecule has 218 valence electrons. The predicted octanol–water partition coefficient (Wildman–Crippen LogP) is 7.28. The van der Waals surface area contributed by atoms with Gasteiger partial charge in [-0.25, -0.2) is 14.1 Å². The lowest BCUT2D eigenvalue weighted by Gasteiger charge is -2.34. The van der Waals surface area contributed by atoms with Crippen molar-refractivity contribution in [3.8, 4) is 22.8 Å². The number of rotatable bonds is 7. The van der Waals surface area contributed by atoms with E-state index in [1.54, 1.807) is 30.3 Å². The molecule has 1 fully saturated rings. The number of halogens is 4. The van der Waals surface area contributed by atoms with Crippen LogP contribution < -0.4 is 9.64 Å². The highest BCUT2D eigenvalue weighted by atomic mass is 32.2. The van der Waals surface area contributed by atoms with Crippen LogP contribution >= 0.6 is 11.8 Å². The fourth-order valence-electron chi connectivity index (χ4n) is 4.48. The number of aliphatic hydroxyl groups is 1. The predicted molar refractivity (Wildman–Crippen MR) is 155 cm³/mol. The third-order valence-corrected chi connectivity index (χ3v) is 7.74. The van der Waals surface area contributed by atoms with Gasteiger partial charge in [0, 0.05) is 17.5 Å². The first-order chi connectivity index (χ1) is 19.9. The van der Waals surface area contributed by atoms with Crippen molar-refractivity contribution < 1.29 is 27.4 Å². The van der Waals surface area contributed by atoms with Gasteiger partial charge in [-0.3, -0.25) is 4.99 Å². The fourth-order valence-corrected chi connectivity index (χ4v) is 5.59. The third-order valence-electron chi connectivity index (χ3n) is 6.46. The van der Waals surface area contributed by atoms with Crippen molar-refractivity contribution in [3.05, 3.63) is 101 Å². The molecular formula is C30H27F4N5O2S. The fraction of sp³-hybridized carbons (Fsp3) is 0.233. The van der Waals surface area contributed by atoms with Crippen LogP contribution in [-0.2, 0) is 0 Å². The largest absolute Gasteiger partial charge is 0.573 e. The van der Waals surface area contributed by atoms with E-state index < -0.39 is 17.9 Å². The second-order valence-corrected chi connectivity index (χ2v) is 11.1. The van der Waals surface area contributed by atoms with E-state index in [0.717, 1.165) is 16.7 Å². The van der Waals surface area contributed by atoms with E-state index in [0.29, 0.717) is 28.0 Å². The molecule has 12 heteroatoms. The summed E-state index contributed by atoms with van der Waals surface area (Å²) >= 11 is 1.40. The highest BCUT2D eigenvalue weighted by molar-refractivity contribution is 8.03. The minimum Gasteiger partial charge on any atom is -0.406 e. The maximum Gasteiger partial charge on any atom is 0.573 e. The molecule has 7 nitrogen and oxygen atoms in total. The SMILES string of the molecule is CC(C)c1cccc(F)c1N1/C(=C/N=Cc2ccc(-c3ncn(-c4ccc(OC(F)(F)F)cc4)n3)cc2)SCC1(C)O. The Morgan fingerprint density at radius 3 is 2.45 bits per heavy atom. The van der Waals surface area contributed by atoms with Gasteiger partial charge in [0.15, 0.2) is 5.82 Å². The molecule has 0 radical (unpaired) electrons. The van der Waals surface area contributed by atoms with Gasteiger partial charge in [0.05, 0.1) is 22.6 Å². The Bertz CT molecular complexity index is 1610. The minimum atomic E-state index is -4.76. The lowest BCUT2D eigenvalue weighted by Crippen LogP contribution is -2.43. The third kappa shape index (κ3) is 6.50. The second kappa shape index (κ2) is 11.6. The summed E-state index contributed by atoms with van der Waals surface area (Å²) in [6, 6.07) is 17.6. The molecule has 0 aliphatic carbocycles. The van der Waals surface area contributed by atoms with Crippen molar-refractivity contribution >= 4 is 23.7 Å². The van der Waals surface area contributed by atoms with Gasteiger partial charge in [-0.2, -0.15) is 0 Å². The molecule has 1 aliphatic rings. The standard InChI is InChI=1S/C30H27F4N5O2S/c1-19(2)24-5-4-6-25(31)27(24)39-26(42-17-29(39,3)40)16-35-15-20-7-9-21(10-8-20)28-36-18-38(37-28)22-11-13-23(14-12-22)41-30(32,33)34/h4-16,18-19,40H,17H2,1-3H3/b26-16-,35-15?. The number of anilines is 1. The van der Waals surface area contributed by atoms with Crippen molar-refractivity contribution in [1.82, 2.24) is 14.8 Å². The second-order valence-electron chi connectivity index (χ2n) is 10.1. The summed E-state index contributed by atoms with van der Waals surface area (Å²) in [6.07, 6.45) is -0.0170. The number of aromatic nitrogens is 3. The number of hydrogen-bond donors (Lipinski definition) is 1. The average molecular weight is 598 g/mol. The molecule has 4 aromatic rings. The summed E-state index contributed by atoms with van der Waals surface area (Å²) in [5.41, 5.74) is 1.92. The van der Waals surface area contributed by atoms with Gasteiger partial charge < -0.3 is 14.7 Å². The molecule has 0 saturated carbocycles. The number of para-hydroxylation sites is 1. The van der Waals surface area contributed by atoms with Crippen LogP contribution in [0.1, 0.15) is 37.8 Å². The molecule has 5 rings (SSSR count). The molecule has 1 unspecified atom stereocenters. The lowest BCUT2D eigenvalue weighted by molar-refractivity contribution is -0.274. The van der Waals surface area contributed by atoms with Crippen molar-refractivity contribution in [2.75, 3.05) is 10.7 Å². The summed E-state index contributed by atoms with van der Waals surface area (Å²) < 4.78 is 57.6. The lowest BCUT2D eigenvalue weighted by atomic mass is 9.99. The van der Waals surface area contributed by atoms with Crippen LogP contribution in [0.5, 0.6) is 5.75 Å². The monoisotopic (exact) mass is 597 g/mol. The van der Waals surface area contributed by atoms with Gasteiger partial charge in [-0.1, -0.05) is 50.2 Å². The summed E-state index contributed by atoms with van der Waals surface area (Å²) in [5.74, 6) is 0.122. The summed E-state index contributed by atoms with van der Waals surface area (Å²) in [4.78, 5) is 10.4. The minimum absolute atomic E-state index is 0.0552. The summed E-state index contributed by atoms with van der Waals surface area (Å²) in [6.45, 7) is 5.62. The smallest absolute Gasteiger partial charge is 0.406 e. The Kier molecular flexibility index (Phi) is 8.11. The first-order valence-corrected chi connectivity index (χ1v) is 14.0. The van der Waals surface area contributed by atoms with Crippen LogP contribution in [0.15, 0.2) is 89.3 Å². The maximum atomic E-state index is 15.0. The molecule has 0 spiro atoms. The molecule has 0 amide bonds. The van der Waals surface area contributed by atoms with E-state index in [4.69, 9.17) is 0 Å². The number of ether oxygens (including phenoxy) is 1. The van der Waals surface area contributed by atoms with E-state index in [1.807, 2.05) is 44.2 Å². The van der Waals surface area contributed by atoms with Crippen molar-refractivity contribution in [2.45, 2.75) is 38.8 Å². The number of aliphatic imine (C=N–C) groups is 1. The zero-order valence-electron chi connectivity index (χ0n) is 22.9. The normalized spacial score (nSPS) is 18.5. The average Bonchev–Trinajstić information content (AvgIpc) is 3.53. The van der Waals surface area contributed by atoms with Gasteiger partial charge in [0.1, 0.15) is 23.6 Å². The molecule has 1 atom stereocenters. The zero-order chi connectivity index (χ0) is 30.1. The molecule has 1 aliphatic heterocycles. The molecule has 42 heavy (non-hydrogen) atoms. The number of benzene rings is 3. The van der Waals surface area contributed by atoms with Crippen molar-refractivity contribution in [2.24, 2.45) is 4.99 Å². The number of alkyl halides is 3. The van der Waals surface area contributed by atoms with Crippen molar-refractivity contribution in [3.63, 3.8) is 0 Å². The van der Waals surface area contributed by atoms with E-state index in [2.05, 4.69) is 19.8 Å². The molecule has 0 bridgehead atoms. The van der Waals surface area contributed by atoms with Crippen LogP contribution in [-0.4, -0.2) is 43.9 Å². The number of hydrogen-bond acceptors (Lipinski definition) is 7. The molecule has 3 aromatic carbocycles. The first-order valence-electron chi connectivity index (χ1n) is 13.0. The summed E-state index contributed by atoms with van der Waals surface area (Å²) in [7, 11) is 0.